The molecule has 1 aliphatic heterocycles. The van der Waals surface area contributed by atoms with Crippen LogP contribution in [0.4, 0.5) is 0 Å². The van der Waals surface area contributed by atoms with Gasteiger partial charge in [-0.2, -0.15) is 5.10 Å². The van der Waals surface area contributed by atoms with Gasteiger partial charge in [0.2, 0.25) is 5.91 Å². The van der Waals surface area contributed by atoms with Crippen molar-refractivity contribution in [3.05, 3.63) is 46.8 Å². The van der Waals surface area contributed by atoms with Crippen molar-refractivity contribution >= 4 is 5.91 Å². The van der Waals surface area contributed by atoms with E-state index in [1.165, 1.54) is 5.56 Å². The van der Waals surface area contributed by atoms with Gasteiger partial charge in [0, 0.05) is 38.1 Å². The fourth-order valence-corrected chi connectivity index (χ4v) is 3.79. The molecule has 1 aromatic carbocycles. The van der Waals surface area contributed by atoms with Gasteiger partial charge in [-0.25, -0.2) is 4.68 Å². The zero-order chi connectivity index (χ0) is 19.6. The van der Waals surface area contributed by atoms with Crippen LogP contribution in [0.1, 0.15) is 35.4 Å². The monoisotopic (exact) mass is 370 g/mol. The van der Waals surface area contributed by atoms with Crippen LogP contribution < -0.4 is 5.73 Å². The highest BCUT2D eigenvalue weighted by Crippen LogP contribution is 2.23. The molecule has 6 nitrogen and oxygen atoms in total. The molecule has 1 atom stereocenters. The molecule has 6 heteroatoms. The first-order valence-electron chi connectivity index (χ1n) is 9.59. The Morgan fingerprint density at radius 1 is 1.30 bits per heavy atom. The van der Waals surface area contributed by atoms with Crippen molar-refractivity contribution in [2.24, 2.45) is 11.7 Å². The number of ether oxygens (including phenoxy) is 1. The number of para-hydroxylation sites is 1. The predicted molar refractivity (Wildman–Crippen MR) is 106 cm³/mol. The van der Waals surface area contributed by atoms with E-state index in [1.807, 2.05) is 30.8 Å². The lowest BCUT2D eigenvalue weighted by atomic mass is 9.91. The van der Waals surface area contributed by atoms with Crippen molar-refractivity contribution in [2.75, 3.05) is 20.3 Å². The molecule has 0 saturated carbocycles. The Bertz CT molecular complexity index is 809. The first-order valence-corrected chi connectivity index (χ1v) is 9.59. The van der Waals surface area contributed by atoms with E-state index in [1.54, 1.807) is 4.90 Å². The lowest BCUT2D eigenvalue weighted by Gasteiger charge is -2.30. The number of carbonyl (C=O) groups is 1. The Balaban J connectivity index is 1.77. The second kappa shape index (κ2) is 8.23. The fraction of sp³-hybridized carbons (Fsp3) is 0.524. The van der Waals surface area contributed by atoms with Crippen LogP contribution in [-0.2, 0) is 16.1 Å². The van der Waals surface area contributed by atoms with Crippen molar-refractivity contribution in [2.45, 2.75) is 46.2 Å². The van der Waals surface area contributed by atoms with Gasteiger partial charge in [-0.1, -0.05) is 18.2 Å². The second-order valence-electron chi connectivity index (χ2n) is 7.52. The quantitative estimate of drug-likeness (QED) is 0.878. The number of nitrogens with two attached hydrogens (primary N) is 1. The average molecular weight is 370 g/mol. The van der Waals surface area contributed by atoms with Crippen molar-refractivity contribution in [1.29, 1.82) is 0 Å². The number of aromatic nitrogens is 2. The molecular formula is C21H30N4O2. The van der Waals surface area contributed by atoms with Gasteiger partial charge in [-0.05, 0) is 51.2 Å². The number of hydrogen-bond donors (Lipinski definition) is 1. The van der Waals surface area contributed by atoms with Crippen LogP contribution in [0.25, 0.3) is 5.69 Å². The van der Waals surface area contributed by atoms with Gasteiger partial charge in [0.25, 0.3) is 0 Å². The minimum absolute atomic E-state index is 0.00987. The zero-order valence-corrected chi connectivity index (χ0v) is 16.7. The molecule has 1 aliphatic rings. The van der Waals surface area contributed by atoms with Crippen LogP contribution in [0.3, 0.4) is 0 Å². The van der Waals surface area contributed by atoms with Gasteiger partial charge in [-0.15, -0.1) is 0 Å². The molecule has 27 heavy (non-hydrogen) atoms. The summed E-state index contributed by atoms with van der Waals surface area (Å²) < 4.78 is 7.35. The normalized spacial score (nSPS) is 16.3. The number of likely N-dealkylation sites (N-methyl/N-ethyl adjacent to an activating group) is 1. The smallest absolute Gasteiger partial charge is 0.239 e. The number of carbonyl (C=O) groups excluding carboxylic acids is 1. The number of hydrogen-bond acceptors (Lipinski definition) is 4. The third-order valence-electron chi connectivity index (χ3n) is 5.62. The highest BCUT2D eigenvalue weighted by atomic mass is 16.5. The molecular weight excluding hydrogens is 340 g/mol. The molecule has 3 rings (SSSR count). The Hall–Kier alpha value is -2.18. The van der Waals surface area contributed by atoms with Gasteiger partial charge >= 0.3 is 0 Å². The molecule has 0 spiro atoms. The van der Waals surface area contributed by atoms with Crippen molar-refractivity contribution in [3.63, 3.8) is 0 Å². The van der Waals surface area contributed by atoms with Crippen LogP contribution >= 0.6 is 0 Å². The topological polar surface area (TPSA) is 73.4 Å². The summed E-state index contributed by atoms with van der Waals surface area (Å²) in [4.78, 5) is 14.6. The highest BCUT2D eigenvalue weighted by Gasteiger charge is 2.29. The molecule has 0 bridgehead atoms. The summed E-state index contributed by atoms with van der Waals surface area (Å²) in [5, 5.41) is 4.72. The largest absolute Gasteiger partial charge is 0.381 e. The number of rotatable bonds is 5. The van der Waals surface area contributed by atoms with Crippen molar-refractivity contribution in [3.8, 4) is 5.69 Å². The number of benzene rings is 1. The molecule has 1 unspecified atom stereocenters. The van der Waals surface area contributed by atoms with Gasteiger partial charge in [0.15, 0.2) is 0 Å². The summed E-state index contributed by atoms with van der Waals surface area (Å²) in [7, 11) is 1.82. The standard InChI is InChI=1S/C21H30N4O2/c1-14-7-5-6-8-19(14)25-16(3)18(15(2)23-25)13-24(4)21(26)20(22)17-9-11-27-12-10-17/h5-8,17,20H,9-13,22H2,1-4H3. The van der Waals surface area contributed by atoms with Crippen LogP contribution in [0.5, 0.6) is 0 Å². The SMILES string of the molecule is Cc1ccccc1-n1nc(C)c(CN(C)C(=O)C(N)C2CCOCC2)c1C. The third kappa shape index (κ3) is 4.06. The van der Waals surface area contributed by atoms with Crippen LogP contribution in [0.2, 0.25) is 0 Å². The number of aryl methyl sites for hydroxylation is 2. The summed E-state index contributed by atoms with van der Waals surface area (Å²) in [5.74, 6) is 0.190. The molecule has 1 fully saturated rings. The van der Waals surface area contributed by atoms with E-state index in [9.17, 15) is 4.79 Å². The summed E-state index contributed by atoms with van der Waals surface area (Å²) in [6.45, 7) is 8.02. The Morgan fingerprint density at radius 3 is 2.63 bits per heavy atom. The van der Waals surface area contributed by atoms with E-state index >= 15 is 0 Å². The van der Waals surface area contributed by atoms with E-state index < -0.39 is 6.04 Å². The van der Waals surface area contributed by atoms with Gasteiger partial charge < -0.3 is 15.4 Å². The molecule has 1 saturated heterocycles. The molecule has 0 aliphatic carbocycles. The summed E-state index contributed by atoms with van der Waals surface area (Å²) >= 11 is 0. The average Bonchev–Trinajstić information content (AvgIpc) is 2.96. The van der Waals surface area contributed by atoms with Crippen LogP contribution in [-0.4, -0.2) is 46.9 Å². The zero-order valence-electron chi connectivity index (χ0n) is 16.7. The summed E-state index contributed by atoms with van der Waals surface area (Å²) in [6, 6.07) is 7.71. The molecule has 1 aromatic heterocycles. The van der Waals surface area contributed by atoms with Crippen molar-refractivity contribution < 1.29 is 9.53 Å². The summed E-state index contributed by atoms with van der Waals surface area (Å²) in [5.41, 5.74) is 11.6. The fourth-order valence-electron chi connectivity index (χ4n) is 3.79. The molecule has 2 heterocycles. The highest BCUT2D eigenvalue weighted by molar-refractivity contribution is 5.81. The maximum absolute atomic E-state index is 12.8. The van der Waals surface area contributed by atoms with Crippen LogP contribution in [0.15, 0.2) is 24.3 Å². The van der Waals surface area contributed by atoms with Gasteiger partial charge in [-0.3, -0.25) is 4.79 Å². The Kier molecular flexibility index (Phi) is 5.97. The van der Waals surface area contributed by atoms with Gasteiger partial charge in [0.1, 0.15) is 0 Å². The molecule has 2 aromatic rings. The molecule has 0 radical (unpaired) electrons. The first kappa shape index (κ1) is 19.6. The maximum atomic E-state index is 12.8. The lowest BCUT2D eigenvalue weighted by molar-refractivity contribution is -0.133. The third-order valence-corrected chi connectivity index (χ3v) is 5.62. The van der Waals surface area contributed by atoms with Crippen LogP contribution in [0, 0.1) is 26.7 Å². The first-order chi connectivity index (χ1) is 12.9. The van der Waals surface area contributed by atoms with E-state index in [0.29, 0.717) is 19.8 Å². The number of amides is 1. The molecule has 2 N–H and O–H groups in total. The Labute approximate surface area is 161 Å². The second-order valence-corrected chi connectivity index (χ2v) is 7.52. The van der Waals surface area contributed by atoms with E-state index in [2.05, 4.69) is 26.0 Å². The lowest BCUT2D eigenvalue weighted by Crippen LogP contribution is -2.47. The predicted octanol–water partition coefficient (Wildman–Crippen LogP) is 2.51. The molecule has 1 amide bonds. The van der Waals surface area contributed by atoms with Crippen molar-refractivity contribution in [1.82, 2.24) is 14.7 Å². The van der Waals surface area contributed by atoms with Gasteiger partial charge in [0.05, 0.1) is 17.4 Å². The minimum Gasteiger partial charge on any atom is -0.381 e. The minimum atomic E-state index is -0.467. The van der Waals surface area contributed by atoms with E-state index in [0.717, 1.165) is 35.5 Å². The maximum Gasteiger partial charge on any atom is 0.239 e. The van der Waals surface area contributed by atoms with E-state index in [-0.39, 0.29) is 11.8 Å². The Morgan fingerprint density at radius 2 is 1.96 bits per heavy atom. The molecule has 146 valence electrons. The summed E-state index contributed by atoms with van der Waals surface area (Å²) in [6.07, 6.45) is 1.70. The number of nitrogens with zero attached hydrogens (tertiary/aromatic N) is 3. The van der Waals surface area contributed by atoms with E-state index in [4.69, 9.17) is 15.6 Å².